The smallest absolute Gasteiger partial charge is 0.243 e. The van der Waals surface area contributed by atoms with Gasteiger partial charge in [0.15, 0.2) is 0 Å². The Bertz CT molecular complexity index is 681. The maximum atomic E-state index is 12.0. The molecule has 0 spiro atoms. The molecule has 0 radical (unpaired) electrons. The number of hydrogen-bond donors (Lipinski definition) is 3. The normalized spacial score (nSPS) is 10.0. The highest BCUT2D eigenvalue weighted by molar-refractivity contribution is 5.95. The number of hydrogen-bond acceptors (Lipinski definition) is 3. The van der Waals surface area contributed by atoms with E-state index in [1.807, 2.05) is 24.3 Å². The van der Waals surface area contributed by atoms with Gasteiger partial charge in [0.25, 0.3) is 0 Å². The average molecular weight is 311 g/mol. The number of benzene rings is 2. The minimum Gasteiger partial charge on any atom is -0.376 e. The molecule has 0 atom stereocenters. The lowest BCUT2D eigenvalue weighted by molar-refractivity contribution is -0.115. The number of carbonyl (C=O) groups is 2. The fraction of sp³-hybridized carbons (Fsp3) is 0.222. The van der Waals surface area contributed by atoms with E-state index in [1.54, 1.807) is 24.3 Å². The molecular weight excluding hydrogens is 290 g/mol. The summed E-state index contributed by atoms with van der Waals surface area (Å²) in [7, 11) is 0. The van der Waals surface area contributed by atoms with E-state index < -0.39 is 0 Å². The Morgan fingerprint density at radius 1 is 0.913 bits per heavy atom. The van der Waals surface area contributed by atoms with Crippen molar-refractivity contribution in [2.45, 2.75) is 20.3 Å². The third-order valence-corrected chi connectivity index (χ3v) is 3.28. The van der Waals surface area contributed by atoms with Gasteiger partial charge in [-0.25, -0.2) is 0 Å². The quantitative estimate of drug-likeness (QED) is 0.767. The Labute approximate surface area is 136 Å². The topological polar surface area (TPSA) is 70.2 Å². The lowest BCUT2D eigenvalue weighted by atomic mass is 10.1. The first-order valence-corrected chi connectivity index (χ1v) is 7.57. The van der Waals surface area contributed by atoms with Gasteiger partial charge in [0.05, 0.1) is 6.54 Å². The first kappa shape index (κ1) is 16.5. The molecule has 23 heavy (non-hydrogen) atoms. The molecule has 0 heterocycles. The molecule has 2 amide bonds. The molecule has 0 bridgehead atoms. The molecular formula is C18H21N3O2. The Morgan fingerprint density at radius 2 is 1.57 bits per heavy atom. The molecule has 0 unspecified atom stereocenters. The summed E-state index contributed by atoms with van der Waals surface area (Å²) in [5.41, 5.74) is 3.46. The predicted octanol–water partition coefficient (Wildman–Crippen LogP) is 3.26. The summed E-state index contributed by atoms with van der Waals surface area (Å²) in [6.07, 6.45) is 0.991. The molecule has 0 aliphatic carbocycles. The fourth-order valence-corrected chi connectivity index (χ4v) is 2.12. The van der Waals surface area contributed by atoms with Crippen molar-refractivity contribution in [2.75, 3.05) is 22.5 Å². The highest BCUT2D eigenvalue weighted by Crippen LogP contribution is 2.15. The van der Waals surface area contributed by atoms with E-state index in [4.69, 9.17) is 0 Å². The summed E-state index contributed by atoms with van der Waals surface area (Å²) in [6, 6.07) is 15.0. The number of nitrogens with one attached hydrogen (secondary N) is 3. The van der Waals surface area contributed by atoms with Crippen molar-refractivity contribution in [2.24, 2.45) is 0 Å². The van der Waals surface area contributed by atoms with Crippen LogP contribution in [0.2, 0.25) is 0 Å². The second kappa shape index (κ2) is 7.98. The third-order valence-electron chi connectivity index (χ3n) is 3.28. The molecule has 0 saturated heterocycles. The van der Waals surface area contributed by atoms with E-state index in [0.29, 0.717) is 11.4 Å². The Morgan fingerprint density at radius 3 is 2.17 bits per heavy atom. The standard InChI is InChI=1S/C18H21N3O2/c1-3-14-7-9-15(10-8-14)19-12-18(23)21-17-6-4-5-16(11-17)20-13(2)22/h4-11,19H,3,12H2,1-2H3,(H,20,22)(H,21,23). The average Bonchev–Trinajstić information content (AvgIpc) is 2.53. The van der Waals surface area contributed by atoms with Gasteiger partial charge in [-0.1, -0.05) is 25.1 Å². The van der Waals surface area contributed by atoms with Crippen molar-refractivity contribution in [3.05, 3.63) is 54.1 Å². The maximum absolute atomic E-state index is 12.0. The number of carbonyl (C=O) groups excluding carboxylic acids is 2. The number of anilines is 3. The van der Waals surface area contributed by atoms with Gasteiger partial charge < -0.3 is 16.0 Å². The first-order chi connectivity index (χ1) is 11.1. The monoisotopic (exact) mass is 311 g/mol. The van der Waals surface area contributed by atoms with Crippen LogP contribution in [0.4, 0.5) is 17.1 Å². The maximum Gasteiger partial charge on any atom is 0.243 e. The van der Waals surface area contributed by atoms with Gasteiger partial charge in [0.2, 0.25) is 11.8 Å². The van der Waals surface area contributed by atoms with Crippen LogP contribution in [0, 0.1) is 0 Å². The minimum absolute atomic E-state index is 0.148. The SMILES string of the molecule is CCc1ccc(NCC(=O)Nc2cccc(NC(C)=O)c2)cc1. The van der Waals surface area contributed by atoms with E-state index in [-0.39, 0.29) is 18.4 Å². The van der Waals surface area contributed by atoms with E-state index >= 15 is 0 Å². The summed E-state index contributed by atoms with van der Waals surface area (Å²) in [4.78, 5) is 23.0. The van der Waals surface area contributed by atoms with Crippen LogP contribution in [0.1, 0.15) is 19.4 Å². The number of rotatable bonds is 6. The van der Waals surface area contributed by atoms with Crippen LogP contribution < -0.4 is 16.0 Å². The van der Waals surface area contributed by atoms with Gasteiger partial charge in [-0.3, -0.25) is 9.59 Å². The molecule has 2 aromatic rings. The number of amides is 2. The van der Waals surface area contributed by atoms with Crippen molar-refractivity contribution in [1.29, 1.82) is 0 Å². The molecule has 5 heteroatoms. The van der Waals surface area contributed by atoms with Crippen LogP contribution in [0.3, 0.4) is 0 Å². The lowest BCUT2D eigenvalue weighted by Crippen LogP contribution is -2.21. The van der Waals surface area contributed by atoms with Gasteiger partial charge in [0.1, 0.15) is 0 Å². The molecule has 120 valence electrons. The van der Waals surface area contributed by atoms with Crippen LogP contribution in [-0.2, 0) is 16.0 Å². The van der Waals surface area contributed by atoms with Gasteiger partial charge in [-0.15, -0.1) is 0 Å². The van der Waals surface area contributed by atoms with Gasteiger partial charge in [-0.05, 0) is 42.3 Å². The summed E-state index contributed by atoms with van der Waals surface area (Å²) in [5, 5.41) is 8.56. The first-order valence-electron chi connectivity index (χ1n) is 7.57. The zero-order chi connectivity index (χ0) is 16.7. The summed E-state index contributed by atoms with van der Waals surface area (Å²) in [5.74, 6) is -0.296. The van der Waals surface area contributed by atoms with E-state index in [0.717, 1.165) is 12.1 Å². The Hall–Kier alpha value is -2.82. The predicted molar refractivity (Wildman–Crippen MR) is 93.7 cm³/mol. The zero-order valence-electron chi connectivity index (χ0n) is 13.3. The molecule has 0 aliphatic heterocycles. The molecule has 0 saturated carbocycles. The summed E-state index contributed by atoms with van der Waals surface area (Å²) in [6.45, 7) is 3.72. The van der Waals surface area contributed by atoms with Crippen molar-refractivity contribution < 1.29 is 9.59 Å². The minimum atomic E-state index is -0.149. The third kappa shape index (κ3) is 5.47. The Balaban J connectivity index is 1.87. The zero-order valence-corrected chi connectivity index (χ0v) is 13.3. The van der Waals surface area contributed by atoms with Crippen LogP contribution in [0.5, 0.6) is 0 Å². The fourth-order valence-electron chi connectivity index (χ4n) is 2.12. The van der Waals surface area contributed by atoms with Crippen LogP contribution in [0.25, 0.3) is 0 Å². The highest BCUT2D eigenvalue weighted by atomic mass is 16.2. The van der Waals surface area contributed by atoms with Crippen molar-refractivity contribution in [1.82, 2.24) is 0 Å². The van der Waals surface area contributed by atoms with E-state index in [9.17, 15) is 9.59 Å². The van der Waals surface area contributed by atoms with Crippen molar-refractivity contribution in [3.63, 3.8) is 0 Å². The van der Waals surface area contributed by atoms with Crippen molar-refractivity contribution >= 4 is 28.9 Å². The van der Waals surface area contributed by atoms with Crippen LogP contribution in [0.15, 0.2) is 48.5 Å². The molecule has 0 aromatic heterocycles. The lowest BCUT2D eigenvalue weighted by Gasteiger charge is -2.09. The van der Waals surface area contributed by atoms with Gasteiger partial charge >= 0.3 is 0 Å². The largest absolute Gasteiger partial charge is 0.376 e. The Kier molecular flexibility index (Phi) is 5.74. The van der Waals surface area contributed by atoms with Gasteiger partial charge in [0, 0.05) is 24.0 Å². The summed E-state index contributed by atoms with van der Waals surface area (Å²) < 4.78 is 0. The van der Waals surface area contributed by atoms with Gasteiger partial charge in [-0.2, -0.15) is 0 Å². The van der Waals surface area contributed by atoms with E-state index in [2.05, 4.69) is 22.9 Å². The molecule has 3 N–H and O–H groups in total. The summed E-state index contributed by atoms with van der Waals surface area (Å²) >= 11 is 0. The van der Waals surface area contributed by atoms with Crippen LogP contribution >= 0.6 is 0 Å². The second-order valence-electron chi connectivity index (χ2n) is 5.21. The molecule has 0 aliphatic rings. The molecule has 5 nitrogen and oxygen atoms in total. The molecule has 2 rings (SSSR count). The number of aryl methyl sites for hydroxylation is 1. The second-order valence-corrected chi connectivity index (χ2v) is 5.21. The molecule has 2 aromatic carbocycles. The highest BCUT2D eigenvalue weighted by Gasteiger charge is 2.04. The van der Waals surface area contributed by atoms with Crippen LogP contribution in [-0.4, -0.2) is 18.4 Å². The van der Waals surface area contributed by atoms with E-state index in [1.165, 1.54) is 12.5 Å². The van der Waals surface area contributed by atoms with Crippen molar-refractivity contribution in [3.8, 4) is 0 Å². The molecule has 0 fully saturated rings.